The summed E-state index contributed by atoms with van der Waals surface area (Å²) in [5.74, 6) is 1.42. The van der Waals surface area contributed by atoms with Crippen LogP contribution in [0.2, 0.25) is 0 Å². The molecule has 134 valence electrons. The van der Waals surface area contributed by atoms with Crippen molar-refractivity contribution in [2.75, 3.05) is 6.54 Å². The zero-order valence-electron chi connectivity index (χ0n) is 15.1. The van der Waals surface area contributed by atoms with Gasteiger partial charge in [0.1, 0.15) is 0 Å². The zero-order chi connectivity index (χ0) is 18.3. The van der Waals surface area contributed by atoms with Crippen LogP contribution in [0.5, 0.6) is 0 Å². The molecule has 3 aromatic heterocycles. The average Bonchev–Trinajstić information content (AvgIpc) is 3.34. The Kier molecular flexibility index (Phi) is 4.06. The van der Waals surface area contributed by atoms with Gasteiger partial charge < -0.3 is 9.42 Å². The highest BCUT2D eigenvalue weighted by atomic mass is 16.5. The van der Waals surface area contributed by atoms with Gasteiger partial charge >= 0.3 is 0 Å². The van der Waals surface area contributed by atoms with E-state index in [4.69, 9.17) is 4.52 Å². The fourth-order valence-corrected chi connectivity index (χ4v) is 3.51. The van der Waals surface area contributed by atoms with Crippen LogP contribution in [0.1, 0.15) is 52.1 Å². The van der Waals surface area contributed by atoms with Crippen molar-refractivity contribution >= 4 is 5.91 Å². The number of carbonyl (C=O) groups excluding carboxylic acids is 1. The van der Waals surface area contributed by atoms with Crippen LogP contribution in [0.25, 0.3) is 5.82 Å². The predicted octanol–water partition coefficient (Wildman–Crippen LogP) is 3.16. The minimum atomic E-state index is -0.0561. The summed E-state index contributed by atoms with van der Waals surface area (Å²) in [4.78, 5) is 19.2. The molecule has 0 radical (unpaired) electrons. The molecule has 26 heavy (non-hydrogen) atoms. The number of nitrogens with zero attached hydrogens (tertiary/aromatic N) is 5. The number of amides is 1. The molecule has 0 unspecified atom stereocenters. The molecule has 4 heterocycles. The van der Waals surface area contributed by atoms with Crippen LogP contribution in [0, 0.1) is 20.8 Å². The first-order valence-corrected chi connectivity index (χ1v) is 8.77. The summed E-state index contributed by atoms with van der Waals surface area (Å²) in [5, 5.41) is 8.37. The number of pyridine rings is 1. The van der Waals surface area contributed by atoms with E-state index in [1.54, 1.807) is 10.9 Å². The Morgan fingerprint density at radius 3 is 2.65 bits per heavy atom. The minimum absolute atomic E-state index is 0.0334. The maximum atomic E-state index is 13.0. The summed E-state index contributed by atoms with van der Waals surface area (Å²) in [6, 6.07) is 7.48. The molecule has 4 rings (SSSR count). The zero-order valence-corrected chi connectivity index (χ0v) is 15.1. The topological polar surface area (TPSA) is 77.0 Å². The van der Waals surface area contributed by atoms with Crippen LogP contribution >= 0.6 is 0 Å². The Hall–Kier alpha value is -2.96. The largest absolute Gasteiger partial charge is 0.359 e. The van der Waals surface area contributed by atoms with E-state index in [9.17, 15) is 4.79 Å². The number of aryl methyl sites for hydroxylation is 3. The number of hydrogen-bond acceptors (Lipinski definition) is 5. The monoisotopic (exact) mass is 351 g/mol. The van der Waals surface area contributed by atoms with Gasteiger partial charge in [-0.15, -0.1) is 0 Å². The van der Waals surface area contributed by atoms with Crippen molar-refractivity contribution in [2.24, 2.45) is 0 Å². The van der Waals surface area contributed by atoms with Crippen LogP contribution < -0.4 is 0 Å². The molecule has 0 bridgehead atoms. The molecule has 0 N–H and O–H groups in total. The number of hydrogen-bond donors (Lipinski definition) is 0. The summed E-state index contributed by atoms with van der Waals surface area (Å²) >= 11 is 0. The molecule has 1 amide bonds. The van der Waals surface area contributed by atoms with Crippen molar-refractivity contribution in [3.8, 4) is 5.82 Å². The van der Waals surface area contributed by atoms with E-state index < -0.39 is 0 Å². The van der Waals surface area contributed by atoms with Crippen molar-refractivity contribution in [2.45, 2.75) is 39.7 Å². The fraction of sp³-hybridized carbons (Fsp3) is 0.368. The molecule has 3 aromatic rings. The molecule has 1 atom stereocenters. The van der Waals surface area contributed by atoms with E-state index in [1.165, 1.54) is 0 Å². The van der Waals surface area contributed by atoms with Crippen LogP contribution in [0.4, 0.5) is 0 Å². The smallest absolute Gasteiger partial charge is 0.256 e. The third-order valence-electron chi connectivity index (χ3n) is 4.71. The van der Waals surface area contributed by atoms with E-state index in [0.29, 0.717) is 17.9 Å². The second kappa shape index (κ2) is 6.40. The van der Waals surface area contributed by atoms with E-state index in [2.05, 4.69) is 15.2 Å². The predicted molar refractivity (Wildman–Crippen MR) is 95.1 cm³/mol. The molecular weight excluding hydrogens is 330 g/mol. The Labute approximate surface area is 151 Å². The van der Waals surface area contributed by atoms with Crippen molar-refractivity contribution in [1.29, 1.82) is 0 Å². The van der Waals surface area contributed by atoms with Crippen LogP contribution in [-0.2, 0) is 0 Å². The molecule has 0 spiro atoms. The van der Waals surface area contributed by atoms with Gasteiger partial charge in [-0.3, -0.25) is 4.79 Å². The molecule has 7 heteroatoms. The standard InChI is InChI=1S/C19H21N5O2/c1-12-9-14(3)24(21-12)18-7-6-15(11-20-18)19(25)23-8-4-5-16(23)17-10-13(2)22-26-17/h6-7,9-11,16H,4-5,8H2,1-3H3/t16-/m0/s1. The van der Waals surface area contributed by atoms with Crippen molar-refractivity contribution in [3.05, 3.63) is 58.9 Å². The lowest BCUT2D eigenvalue weighted by molar-refractivity contribution is 0.0714. The van der Waals surface area contributed by atoms with Crippen molar-refractivity contribution < 1.29 is 9.32 Å². The molecule has 0 saturated carbocycles. The van der Waals surface area contributed by atoms with Gasteiger partial charge in [-0.05, 0) is 51.8 Å². The van der Waals surface area contributed by atoms with E-state index >= 15 is 0 Å². The molecule has 1 saturated heterocycles. The van der Waals surface area contributed by atoms with Gasteiger partial charge in [0.2, 0.25) is 0 Å². The maximum Gasteiger partial charge on any atom is 0.256 e. The first-order valence-electron chi connectivity index (χ1n) is 8.77. The molecule has 0 aromatic carbocycles. The number of likely N-dealkylation sites (tertiary alicyclic amines) is 1. The van der Waals surface area contributed by atoms with E-state index in [1.807, 2.05) is 49.9 Å². The Bertz CT molecular complexity index is 941. The lowest BCUT2D eigenvalue weighted by Crippen LogP contribution is -2.30. The SMILES string of the molecule is Cc1cc([C@@H]2CCCN2C(=O)c2ccc(-n3nc(C)cc3C)nc2)on1. The first-order chi connectivity index (χ1) is 12.5. The summed E-state index contributed by atoms with van der Waals surface area (Å²) in [6.45, 7) is 6.52. The molecule has 1 aliphatic rings. The highest BCUT2D eigenvalue weighted by molar-refractivity contribution is 5.94. The van der Waals surface area contributed by atoms with Crippen molar-refractivity contribution in [3.63, 3.8) is 0 Å². The van der Waals surface area contributed by atoms with Crippen LogP contribution in [-0.4, -0.2) is 37.3 Å². The molecule has 1 fully saturated rings. The Morgan fingerprint density at radius 1 is 1.19 bits per heavy atom. The molecule has 7 nitrogen and oxygen atoms in total. The number of rotatable bonds is 3. The molecule has 0 aliphatic carbocycles. The number of carbonyl (C=O) groups is 1. The molecular formula is C19H21N5O2. The summed E-state index contributed by atoms with van der Waals surface area (Å²) < 4.78 is 7.16. The number of aromatic nitrogens is 4. The lowest BCUT2D eigenvalue weighted by atomic mass is 10.1. The van der Waals surface area contributed by atoms with Gasteiger partial charge in [0.05, 0.1) is 23.0 Å². The fourth-order valence-electron chi connectivity index (χ4n) is 3.51. The van der Waals surface area contributed by atoms with E-state index in [0.717, 1.165) is 35.7 Å². The second-order valence-corrected chi connectivity index (χ2v) is 6.77. The van der Waals surface area contributed by atoms with Gasteiger partial charge in [0.15, 0.2) is 11.6 Å². The Balaban J connectivity index is 1.57. The maximum absolute atomic E-state index is 13.0. The van der Waals surface area contributed by atoms with Crippen molar-refractivity contribution in [1.82, 2.24) is 24.8 Å². The second-order valence-electron chi connectivity index (χ2n) is 6.77. The van der Waals surface area contributed by atoms with Gasteiger partial charge in [-0.25, -0.2) is 9.67 Å². The third-order valence-corrected chi connectivity index (χ3v) is 4.71. The van der Waals surface area contributed by atoms with Gasteiger partial charge in [-0.1, -0.05) is 5.16 Å². The average molecular weight is 351 g/mol. The summed E-state index contributed by atoms with van der Waals surface area (Å²) in [7, 11) is 0. The van der Waals surface area contributed by atoms with E-state index in [-0.39, 0.29) is 11.9 Å². The third kappa shape index (κ3) is 2.89. The molecule has 1 aliphatic heterocycles. The highest BCUT2D eigenvalue weighted by Gasteiger charge is 2.33. The summed E-state index contributed by atoms with van der Waals surface area (Å²) in [6.07, 6.45) is 3.46. The Morgan fingerprint density at radius 2 is 2.04 bits per heavy atom. The van der Waals surface area contributed by atoms with Crippen LogP contribution in [0.3, 0.4) is 0 Å². The van der Waals surface area contributed by atoms with Gasteiger partial charge in [-0.2, -0.15) is 5.10 Å². The highest BCUT2D eigenvalue weighted by Crippen LogP contribution is 2.33. The lowest BCUT2D eigenvalue weighted by Gasteiger charge is -2.22. The van der Waals surface area contributed by atoms with Crippen LogP contribution in [0.15, 0.2) is 35.0 Å². The van der Waals surface area contributed by atoms with Gasteiger partial charge in [0.25, 0.3) is 5.91 Å². The quantitative estimate of drug-likeness (QED) is 0.724. The first kappa shape index (κ1) is 16.5. The minimum Gasteiger partial charge on any atom is -0.359 e. The normalized spacial score (nSPS) is 17.0. The van der Waals surface area contributed by atoms with Gasteiger partial charge in [0, 0.05) is 24.5 Å². The summed E-state index contributed by atoms with van der Waals surface area (Å²) in [5.41, 5.74) is 3.34.